The number of aromatic nitrogens is 2. The molecule has 180 valence electrons. The van der Waals surface area contributed by atoms with Crippen molar-refractivity contribution in [2.45, 2.75) is 25.9 Å². The molecular formula is C24H21ClN4O5S. The molecule has 0 fully saturated rings. The van der Waals surface area contributed by atoms with Gasteiger partial charge in [0.1, 0.15) is 4.70 Å². The van der Waals surface area contributed by atoms with Crippen LogP contribution in [0.15, 0.2) is 69.6 Å². The van der Waals surface area contributed by atoms with Crippen LogP contribution in [0.5, 0.6) is 0 Å². The number of thiophene rings is 1. The van der Waals surface area contributed by atoms with Crippen molar-refractivity contribution in [3.8, 4) is 0 Å². The van der Waals surface area contributed by atoms with E-state index < -0.39 is 16.2 Å². The number of rotatable bonds is 9. The minimum absolute atomic E-state index is 0.0236. The van der Waals surface area contributed by atoms with E-state index in [1.165, 1.54) is 28.0 Å². The highest BCUT2D eigenvalue weighted by Crippen LogP contribution is 2.18. The fourth-order valence-corrected chi connectivity index (χ4v) is 4.66. The Labute approximate surface area is 208 Å². The molecule has 35 heavy (non-hydrogen) atoms. The molecule has 0 atom stereocenters. The molecule has 0 radical (unpaired) electrons. The van der Waals surface area contributed by atoms with E-state index in [2.05, 4.69) is 5.32 Å². The van der Waals surface area contributed by atoms with Gasteiger partial charge in [-0.3, -0.25) is 28.8 Å². The summed E-state index contributed by atoms with van der Waals surface area (Å²) in [6.07, 6.45) is 0.607. The first-order valence-corrected chi connectivity index (χ1v) is 12.0. The molecule has 0 saturated carbocycles. The third-order valence-corrected chi connectivity index (χ3v) is 6.68. The van der Waals surface area contributed by atoms with Gasteiger partial charge in [0.05, 0.1) is 17.0 Å². The minimum atomic E-state index is -0.534. The van der Waals surface area contributed by atoms with Gasteiger partial charge < -0.3 is 5.32 Å². The molecule has 4 aromatic rings. The van der Waals surface area contributed by atoms with E-state index >= 15 is 0 Å². The van der Waals surface area contributed by atoms with Gasteiger partial charge in [-0.15, -0.1) is 11.3 Å². The summed E-state index contributed by atoms with van der Waals surface area (Å²) in [6, 6.07) is 14.9. The minimum Gasteiger partial charge on any atom is -0.356 e. The Morgan fingerprint density at radius 3 is 2.37 bits per heavy atom. The largest absolute Gasteiger partial charge is 0.356 e. The van der Waals surface area contributed by atoms with E-state index in [9.17, 15) is 24.5 Å². The maximum atomic E-state index is 13.2. The number of non-ortho nitro benzene ring substituents is 1. The number of nitro benzene ring substituents is 1. The Balaban J connectivity index is 1.48. The number of halogens is 1. The maximum Gasteiger partial charge on any atom is 0.331 e. The summed E-state index contributed by atoms with van der Waals surface area (Å²) in [5.74, 6) is -0.265. The van der Waals surface area contributed by atoms with Crippen LogP contribution in [0.25, 0.3) is 10.2 Å². The zero-order chi connectivity index (χ0) is 24.9. The van der Waals surface area contributed by atoms with E-state index in [1.807, 2.05) is 12.1 Å². The first-order chi connectivity index (χ1) is 16.8. The molecule has 0 aliphatic heterocycles. The number of benzene rings is 2. The fraction of sp³-hybridized carbons (Fsp3) is 0.208. The number of amides is 1. The topological polar surface area (TPSA) is 116 Å². The van der Waals surface area contributed by atoms with Gasteiger partial charge in [-0.1, -0.05) is 35.9 Å². The second-order valence-electron chi connectivity index (χ2n) is 7.86. The molecule has 0 unspecified atom stereocenters. The van der Waals surface area contributed by atoms with Crippen molar-refractivity contribution in [2.75, 3.05) is 6.54 Å². The highest BCUT2D eigenvalue weighted by molar-refractivity contribution is 7.17. The lowest BCUT2D eigenvalue weighted by molar-refractivity contribution is -0.384. The molecule has 4 rings (SSSR count). The van der Waals surface area contributed by atoms with Gasteiger partial charge in [0.15, 0.2) is 0 Å². The van der Waals surface area contributed by atoms with Gasteiger partial charge in [-0.25, -0.2) is 4.79 Å². The summed E-state index contributed by atoms with van der Waals surface area (Å²) in [5.41, 5.74) is 1.18. The number of carbonyl (C=O) groups excluding carboxylic acids is 1. The molecule has 0 aliphatic rings. The SMILES string of the molecule is O=C(CCn1c(=O)c2sccc2n(Cc2ccc([N+](=O)[O-])cc2)c1=O)NCCc1ccc(Cl)cc1. The van der Waals surface area contributed by atoms with Gasteiger partial charge in [0.2, 0.25) is 5.91 Å². The second-order valence-corrected chi connectivity index (χ2v) is 9.21. The smallest absolute Gasteiger partial charge is 0.331 e. The zero-order valence-electron chi connectivity index (χ0n) is 18.5. The molecule has 11 heteroatoms. The van der Waals surface area contributed by atoms with Gasteiger partial charge in [-0.2, -0.15) is 0 Å². The quantitative estimate of drug-likeness (QED) is 0.272. The van der Waals surface area contributed by atoms with Crippen molar-refractivity contribution >= 4 is 44.7 Å². The number of carbonyl (C=O) groups is 1. The Hall–Kier alpha value is -3.76. The Morgan fingerprint density at radius 1 is 1.00 bits per heavy atom. The lowest BCUT2D eigenvalue weighted by atomic mass is 10.1. The van der Waals surface area contributed by atoms with Crippen LogP contribution in [0.2, 0.25) is 5.02 Å². The molecule has 0 saturated heterocycles. The van der Waals surface area contributed by atoms with Crippen molar-refractivity contribution in [1.29, 1.82) is 0 Å². The van der Waals surface area contributed by atoms with Crippen LogP contribution in [-0.2, 0) is 24.3 Å². The third-order valence-electron chi connectivity index (χ3n) is 5.54. The Kier molecular flexibility index (Phi) is 7.42. The summed E-state index contributed by atoms with van der Waals surface area (Å²) in [5, 5.41) is 16.1. The molecule has 1 amide bonds. The van der Waals surface area contributed by atoms with E-state index in [0.29, 0.717) is 33.8 Å². The first kappa shape index (κ1) is 24.4. The van der Waals surface area contributed by atoms with Gasteiger partial charge in [0, 0.05) is 36.7 Å². The van der Waals surface area contributed by atoms with Crippen LogP contribution in [0.1, 0.15) is 17.5 Å². The van der Waals surface area contributed by atoms with Crippen LogP contribution >= 0.6 is 22.9 Å². The predicted molar refractivity (Wildman–Crippen MR) is 135 cm³/mol. The van der Waals surface area contributed by atoms with Crippen LogP contribution in [0.3, 0.4) is 0 Å². The Bertz CT molecular complexity index is 1490. The van der Waals surface area contributed by atoms with Crippen molar-refractivity contribution in [3.05, 3.63) is 107 Å². The number of nitrogens with zero attached hydrogens (tertiary/aromatic N) is 3. The fourth-order valence-electron chi connectivity index (χ4n) is 3.69. The first-order valence-electron chi connectivity index (χ1n) is 10.8. The molecular weight excluding hydrogens is 492 g/mol. The summed E-state index contributed by atoms with van der Waals surface area (Å²) in [7, 11) is 0. The van der Waals surface area contributed by atoms with Crippen molar-refractivity contribution in [1.82, 2.24) is 14.5 Å². The lowest BCUT2D eigenvalue weighted by Gasteiger charge is -2.12. The number of fused-ring (bicyclic) bond motifs is 1. The van der Waals surface area contributed by atoms with Gasteiger partial charge in [0.25, 0.3) is 11.2 Å². The molecule has 0 spiro atoms. The average Bonchev–Trinajstić information content (AvgIpc) is 3.33. The second kappa shape index (κ2) is 10.7. The maximum absolute atomic E-state index is 13.2. The van der Waals surface area contributed by atoms with Crippen molar-refractivity contribution in [3.63, 3.8) is 0 Å². The molecule has 9 nitrogen and oxygen atoms in total. The molecule has 0 aliphatic carbocycles. The summed E-state index contributed by atoms with van der Waals surface area (Å²) in [4.78, 5) is 48.9. The summed E-state index contributed by atoms with van der Waals surface area (Å²) < 4.78 is 2.94. The number of nitrogens with one attached hydrogen (secondary N) is 1. The van der Waals surface area contributed by atoms with E-state index in [1.54, 1.807) is 35.7 Å². The molecule has 2 aromatic carbocycles. The third kappa shape index (κ3) is 5.67. The molecule has 1 N–H and O–H groups in total. The van der Waals surface area contributed by atoms with Gasteiger partial charge >= 0.3 is 5.69 Å². The highest BCUT2D eigenvalue weighted by atomic mass is 35.5. The van der Waals surface area contributed by atoms with Crippen LogP contribution in [-0.4, -0.2) is 26.5 Å². The van der Waals surface area contributed by atoms with E-state index in [4.69, 9.17) is 11.6 Å². The normalized spacial score (nSPS) is 11.0. The zero-order valence-corrected chi connectivity index (χ0v) is 20.1. The number of nitro groups is 1. The predicted octanol–water partition coefficient (Wildman–Crippen LogP) is 3.58. The molecule has 0 bridgehead atoms. The summed E-state index contributed by atoms with van der Waals surface area (Å²) in [6.45, 7) is 0.500. The van der Waals surface area contributed by atoms with E-state index in [-0.39, 0.29) is 31.1 Å². The monoisotopic (exact) mass is 512 g/mol. The Morgan fingerprint density at radius 2 is 1.69 bits per heavy atom. The van der Waals surface area contributed by atoms with Crippen LogP contribution in [0, 0.1) is 10.1 Å². The van der Waals surface area contributed by atoms with Crippen LogP contribution < -0.4 is 16.6 Å². The lowest BCUT2D eigenvalue weighted by Crippen LogP contribution is -2.41. The number of hydrogen-bond acceptors (Lipinski definition) is 6. The van der Waals surface area contributed by atoms with Crippen molar-refractivity contribution < 1.29 is 9.72 Å². The standard InChI is InChI=1S/C24H21ClN4O5S/c25-18-5-1-16(2-6-18)9-12-26-21(30)10-13-27-23(31)22-20(11-14-35-22)28(24(27)32)15-17-3-7-19(8-4-17)29(33)34/h1-8,11,14H,9-10,12-13,15H2,(H,26,30). The van der Waals surface area contributed by atoms with E-state index in [0.717, 1.165) is 10.1 Å². The van der Waals surface area contributed by atoms with Crippen molar-refractivity contribution in [2.24, 2.45) is 0 Å². The highest BCUT2D eigenvalue weighted by Gasteiger charge is 2.16. The average molecular weight is 513 g/mol. The summed E-state index contributed by atoms with van der Waals surface area (Å²) >= 11 is 7.10. The molecule has 2 heterocycles. The molecule has 2 aromatic heterocycles. The van der Waals surface area contributed by atoms with Crippen LogP contribution in [0.4, 0.5) is 5.69 Å². The van der Waals surface area contributed by atoms with Gasteiger partial charge in [-0.05, 0) is 41.1 Å². The number of hydrogen-bond donors (Lipinski definition) is 1.